The second-order valence-electron chi connectivity index (χ2n) is 6.31. The van der Waals surface area contributed by atoms with Gasteiger partial charge in [-0.15, -0.1) is 0 Å². The van der Waals surface area contributed by atoms with Crippen LogP contribution >= 0.6 is 0 Å². The molecule has 0 unspecified atom stereocenters. The minimum atomic E-state index is -0.276. The molecule has 27 heavy (non-hydrogen) atoms. The zero-order valence-corrected chi connectivity index (χ0v) is 15.3. The number of rotatable bonds is 7. The molecule has 0 spiro atoms. The number of ketones is 1. The predicted molar refractivity (Wildman–Crippen MR) is 103 cm³/mol. The summed E-state index contributed by atoms with van der Waals surface area (Å²) in [6.45, 7) is 3.84. The van der Waals surface area contributed by atoms with E-state index in [-0.39, 0.29) is 24.3 Å². The number of nitrogens with zero attached hydrogens (tertiary/aromatic N) is 2. The number of carbonyl (C=O) groups is 2. The van der Waals surface area contributed by atoms with Crippen LogP contribution in [0.5, 0.6) is 5.75 Å². The zero-order chi connectivity index (χ0) is 19.2. The molecule has 1 heterocycles. The minimum Gasteiger partial charge on any atom is -0.484 e. The van der Waals surface area contributed by atoms with E-state index in [0.29, 0.717) is 22.7 Å². The zero-order valence-electron chi connectivity index (χ0n) is 15.3. The van der Waals surface area contributed by atoms with Crippen molar-refractivity contribution in [3.05, 3.63) is 78.0 Å². The molecular weight excluding hydrogens is 342 g/mol. The van der Waals surface area contributed by atoms with Crippen molar-refractivity contribution in [2.45, 2.75) is 19.9 Å². The number of hydrogen-bond acceptors (Lipinski definition) is 4. The maximum Gasteiger partial charge on any atom is 0.263 e. The molecule has 1 amide bonds. The number of hydrogen-bond donors (Lipinski definition) is 1. The Morgan fingerprint density at radius 3 is 2.33 bits per heavy atom. The Balaban J connectivity index is 1.56. The minimum absolute atomic E-state index is 0.0539. The van der Waals surface area contributed by atoms with E-state index >= 15 is 0 Å². The van der Waals surface area contributed by atoms with Crippen LogP contribution in [0.4, 0.5) is 5.82 Å². The molecule has 3 rings (SSSR count). The van der Waals surface area contributed by atoms with Gasteiger partial charge >= 0.3 is 0 Å². The quantitative estimate of drug-likeness (QED) is 0.650. The van der Waals surface area contributed by atoms with Crippen molar-refractivity contribution in [2.24, 2.45) is 0 Å². The summed E-state index contributed by atoms with van der Waals surface area (Å²) in [7, 11) is 0. The number of benzene rings is 2. The number of carbonyl (C=O) groups excluding carboxylic acids is 2. The molecule has 1 aromatic heterocycles. The van der Waals surface area contributed by atoms with Gasteiger partial charge in [0.2, 0.25) is 0 Å². The van der Waals surface area contributed by atoms with E-state index < -0.39 is 0 Å². The Labute approximate surface area is 157 Å². The van der Waals surface area contributed by atoms with Crippen molar-refractivity contribution in [1.82, 2.24) is 9.78 Å². The fraction of sp³-hybridized carbons (Fsp3) is 0.190. The van der Waals surface area contributed by atoms with Crippen LogP contribution in [0.3, 0.4) is 0 Å². The van der Waals surface area contributed by atoms with Gasteiger partial charge in [0.1, 0.15) is 11.6 Å². The summed E-state index contributed by atoms with van der Waals surface area (Å²) in [5.74, 6) is 0.818. The molecule has 0 atom stereocenters. The summed E-state index contributed by atoms with van der Waals surface area (Å²) >= 11 is 0. The molecule has 0 aliphatic rings. The Hall–Kier alpha value is -3.41. The van der Waals surface area contributed by atoms with Crippen LogP contribution in [0.15, 0.2) is 66.9 Å². The first-order valence-electron chi connectivity index (χ1n) is 8.70. The van der Waals surface area contributed by atoms with Gasteiger partial charge in [0.25, 0.3) is 5.91 Å². The van der Waals surface area contributed by atoms with E-state index in [1.165, 1.54) is 0 Å². The van der Waals surface area contributed by atoms with Crippen LogP contribution in [0, 0.1) is 0 Å². The van der Waals surface area contributed by atoms with Crippen molar-refractivity contribution in [3.8, 4) is 5.75 Å². The molecule has 0 aliphatic heterocycles. The number of ether oxygens (including phenoxy) is 1. The lowest BCUT2D eigenvalue weighted by molar-refractivity contribution is -0.118. The third-order valence-electron chi connectivity index (χ3n) is 3.95. The van der Waals surface area contributed by atoms with Gasteiger partial charge in [-0.3, -0.25) is 9.59 Å². The van der Waals surface area contributed by atoms with Crippen molar-refractivity contribution in [2.75, 3.05) is 11.9 Å². The molecule has 0 fully saturated rings. The lowest BCUT2D eigenvalue weighted by Gasteiger charge is -2.12. The first-order chi connectivity index (χ1) is 13.0. The largest absolute Gasteiger partial charge is 0.484 e. The van der Waals surface area contributed by atoms with Crippen LogP contribution < -0.4 is 10.1 Å². The summed E-state index contributed by atoms with van der Waals surface area (Å²) in [6, 6.07) is 17.7. The number of anilines is 1. The van der Waals surface area contributed by atoms with Gasteiger partial charge < -0.3 is 10.1 Å². The molecule has 1 N–H and O–H groups in total. The highest BCUT2D eigenvalue weighted by atomic mass is 16.5. The van der Waals surface area contributed by atoms with Crippen molar-refractivity contribution >= 4 is 17.5 Å². The van der Waals surface area contributed by atoms with E-state index in [2.05, 4.69) is 10.4 Å². The molecule has 2 aromatic carbocycles. The second-order valence-corrected chi connectivity index (χ2v) is 6.31. The highest BCUT2D eigenvalue weighted by Gasteiger charge is 2.11. The molecule has 0 aliphatic carbocycles. The van der Waals surface area contributed by atoms with E-state index in [1.807, 2.05) is 32.0 Å². The monoisotopic (exact) mass is 363 g/mol. The van der Waals surface area contributed by atoms with E-state index in [0.717, 1.165) is 0 Å². The van der Waals surface area contributed by atoms with Crippen LogP contribution in [-0.4, -0.2) is 28.1 Å². The molecule has 0 radical (unpaired) electrons. The average Bonchev–Trinajstić information content (AvgIpc) is 3.15. The molecule has 6 heteroatoms. The van der Waals surface area contributed by atoms with Crippen molar-refractivity contribution < 1.29 is 14.3 Å². The normalized spacial score (nSPS) is 10.6. The summed E-state index contributed by atoms with van der Waals surface area (Å²) in [4.78, 5) is 24.5. The molecule has 3 aromatic rings. The maximum atomic E-state index is 12.4. The molecule has 0 saturated heterocycles. The molecule has 6 nitrogen and oxygen atoms in total. The third-order valence-corrected chi connectivity index (χ3v) is 3.95. The summed E-state index contributed by atoms with van der Waals surface area (Å²) in [5.41, 5.74) is 1.20. The third kappa shape index (κ3) is 4.61. The standard InChI is InChI=1S/C21H21N3O3/c1-15(2)24-19(12-13-22-24)23-20(25)14-27-18-10-8-17(9-11-18)21(26)16-6-4-3-5-7-16/h3-13,15H,14H2,1-2H3,(H,23,25). The molecular formula is C21H21N3O3. The second kappa shape index (κ2) is 8.31. The Morgan fingerprint density at radius 1 is 1.00 bits per heavy atom. The predicted octanol–water partition coefficient (Wildman–Crippen LogP) is 3.71. The maximum absolute atomic E-state index is 12.4. The topological polar surface area (TPSA) is 73.2 Å². The van der Waals surface area contributed by atoms with Gasteiger partial charge in [-0.1, -0.05) is 30.3 Å². The molecule has 0 saturated carbocycles. The summed E-state index contributed by atoms with van der Waals surface area (Å²) in [6.07, 6.45) is 1.64. The lowest BCUT2D eigenvalue weighted by Crippen LogP contribution is -2.22. The highest BCUT2D eigenvalue weighted by molar-refractivity contribution is 6.09. The van der Waals surface area contributed by atoms with Gasteiger partial charge in [-0.2, -0.15) is 5.10 Å². The van der Waals surface area contributed by atoms with Crippen molar-refractivity contribution in [3.63, 3.8) is 0 Å². The smallest absolute Gasteiger partial charge is 0.263 e. The van der Waals surface area contributed by atoms with Gasteiger partial charge in [0, 0.05) is 23.2 Å². The van der Waals surface area contributed by atoms with Crippen LogP contribution in [0.25, 0.3) is 0 Å². The Bertz CT molecular complexity index is 915. The number of amides is 1. The van der Waals surface area contributed by atoms with Crippen molar-refractivity contribution in [1.29, 1.82) is 0 Å². The van der Waals surface area contributed by atoms with Crippen LogP contribution in [-0.2, 0) is 4.79 Å². The van der Waals surface area contributed by atoms with Gasteiger partial charge in [0.15, 0.2) is 12.4 Å². The highest BCUT2D eigenvalue weighted by Crippen LogP contribution is 2.16. The first-order valence-corrected chi connectivity index (χ1v) is 8.70. The first kappa shape index (κ1) is 18.4. The van der Waals surface area contributed by atoms with Gasteiger partial charge in [-0.25, -0.2) is 4.68 Å². The number of nitrogens with one attached hydrogen (secondary N) is 1. The summed E-state index contributed by atoms with van der Waals surface area (Å²) in [5, 5.41) is 6.94. The summed E-state index contributed by atoms with van der Waals surface area (Å²) < 4.78 is 7.23. The Kier molecular flexibility index (Phi) is 5.66. The van der Waals surface area contributed by atoms with Gasteiger partial charge in [0.05, 0.1) is 6.20 Å². The van der Waals surface area contributed by atoms with Crippen LogP contribution in [0.2, 0.25) is 0 Å². The van der Waals surface area contributed by atoms with E-state index in [1.54, 1.807) is 53.3 Å². The SMILES string of the molecule is CC(C)n1nccc1NC(=O)COc1ccc(C(=O)c2ccccc2)cc1. The van der Waals surface area contributed by atoms with Crippen LogP contribution in [0.1, 0.15) is 35.8 Å². The Morgan fingerprint density at radius 2 is 1.67 bits per heavy atom. The average molecular weight is 363 g/mol. The van der Waals surface area contributed by atoms with Gasteiger partial charge in [-0.05, 0) is 38.1 Å². The van der Waals surface area contributed by atoms with E-state index in [9.17, 15) is 9.59 Å². The number of aromatic nitrogens is 2. The fourth-order valence-corrected chi connectivity index (χ4v) is 2.61. The molecule has 138 valence electrons. The van der Waals surface area contributed by atoms with E-state index in [4.69, 9.17) is 4.74 Å². The fourth-order valence-electron chi connectivity index (χ4n) is 2.61. The molecule has 0 bridgehead atoms. The lowest BCUT2D eigenvalue weighted by atomic mass is 10.0.